The minimum absolute atomic E-state index is 0.115. The SMILES string of the molecule is Cc1nn(-c2ccccc2)c(-n2cncn2)c1C1C2CCCN2C2(C(=O)Nc3ccc(Br)cc32)C1C(=O)c1ccc([N+](=O)[O-])cc1. The number of fused-ring (bicyclic) bond motifs is 4. The molecule has 0 aliphatic carbocycles. The van der Waals surface area contributed by atoms with E-state index in [9.17, 15) is 14.9 Å². The van der Waals surface area contributed by atoms with Gasteiger partial charge < -0.3 is 5.32 Å². The van der Waals surface area contributed by atoms with Gasteiger partial charge in [-0.2, -0.15) is 10.2 Å². The third kappa shape index (κ3) is 3.97. The maximum absolute atomic E-state index is 15.1. The molecule has 5 aromatic rings. The second-order valence-electron chi connectivity index (χ2n) is 11.9. The van der Waals surface area contributed by atoms with E-state index in [1.165, 1.54) is 30.6 Å². The fraction of sp³-hybridized carbons (Fsp3) is 0.242. The van der Waals surface area contributed by atoms with Crippen LogP contribution in [0, 0.1) is 23.0 Å². The fourth-order valence-electron chi connectivity index (χ4n) is 7.98. The second-order valence-corrected chi connectivity index (χ2v) is 12.8. The molecule has 1 N–H and O–H groups in total. The average molecular weight is 680 g/mol. The number of anilines is 1. The van der Waals surface area contributed by atoms with E-state index >= 15 is 4.79 Å². The van der Waals surface area contributed by atoms with Crippen molar-refractivity contribution in [1.29, 1.82) is 0 Å². The van der Waals surface area contributed by atoms with Crippen LogP contribution in [-0.2, 0) is 10.3 Å². The van der Waals surface area contributed by atoms with Crippen molar-refractivity contribution in [2.24, 2.45) is 5.92 Å². The quantitative estimate of drug-likeness (QED) is 0.144. The average Bonchev–Trinajstić information content (AvgIpc) is 3.88. The van der Waals surface area contributed by atoms with Gasteiger partial charge in [0, 0.05) is 50.9 Å². The molecule has 2 aromatic heterocycles. The first-order chi connectivity index (χ1) is 22.3. The van der Waals surface area contributed by atoms with Crippen molar-refractivity contribution in [2.45, 2.75) is 37.3 Å². The van der Waals surface area contributed by atoms with Crippen LogP contribution in [0.4, 0.5) is 11.4 Å². The van der Waals surface area contributed by atoms with Crippen molar-refractivity contribution in [1.82, 2.24) is 29.4 Å². The maximum Gasteiger partial charge on any atom is 0.269 e. The van der Waals surface area contributed by atoms with Crippen molar-refractivity contribution < 1.29 is 14.5 Å². The smallest absolute Gasteiger partial charge is 0.269 e. The normalized spacial score (nSPS) is 23.4. The number of benzene rings is 3. The summed E-state index contributed by atoms with van der Waals surface area (Å²) in [5.74, 6) is -1.27. The van der Waals surface area contributed by atoms with Gasteiger partial charge in [-0.05, 0) is 68.8 Å². The number of para-hydroxylation sites is 1. The highest BCUT2D eigenvalue weighted by Gasteiger charge is 2.70. The number of rotatable bonds is 6. The first-order valence-corrected chi connectivity index (χ1v) is 15.8. The molecule has 0 saturated carbocycles. The molecule has 5 heterocycles. The van der Waals surface area contributed by atoms with E-state index in [-0.39, 0.29) is 23.4 Å². The number of carbonyl (C=O) groups is 2. The van der Waals surface area contributed by atoms with Gasteiger partial charge in [-0.15, -0.1) is 0 Å². The number of hydrogen-bond acceptors (Lipinski definition) is 8. The van der Waals surface area contributed by atoms with Crippen molar-refractivity contribution in [3.05, 3.63) is 122 Å². The lowest BCUT2D eigenvalue weighted by molar-refractivity contribution is -0.384. The summed E-state index contributed by atoms with van der Waals surface area (Å²) >= 11 is 3.61. The third-order valence-corrected chi connectivity index (χ3v) is 10.2. The molecule has 3 aliphatic rings. The summed E-state index contributed by atoms with van der Waals surface area (Å²) in [6.07, 6.45) is 4.68. The maximum atomic E-state index is 15.1. The first kappa shape index (κ1) is 28.5. The Kier molecular flexibility index (Phi) is 6.51. The molecule has 4 unspecified atom stereocenters. The van der Waals surface area contributed by atoms with Crippen LogP contribution in [0.2, 0.25) is 0 Å². The molecule has 3 aromatic carbocycles. The van der Waals surface area contributed by atoms with Gasteiger partial charge in [0.25, 0.3) is 5.69 Å². The Morgan fingerprint density at radius 2 is 1.89 bits per heavy atom. The zero-order valence-corrected chi connectivity index (χ0v) is 26.2. The Labute approximate surface area is 271 Å². The van der Waals surface area contributed by atoms with Gasteiger partial charge in [0.15, 0.2) is 11.6 Å². The van der Waals surface area contributed by atoms with E-state index in [4.69, 9.17) is 5.10 Å². The van der Waals surface area contributed by atoms with Crippen molar-refractivity contribution >= 4 is 39.0 Å². The molecule has 2 saturated heterocycles. The highest BCUT2D eigenvalue weighted by atomic mass is 79.9. The van der Waals surface area contributed by atoms with Gasteiger partial charge in [0.1, 0.15) is 18.2 Å². The molecular weight excluding hydrogens is 652 g/mol. The third-order valence-electron chi connectivity index (χ3n) is 9.66. The highest BCUT2D eigenvalue weighted by molar-refractivity contribution is 9.10. The summed E-state index contributed by atoms with van der Waals surface area (Å²) in [5.41, 5.74) is 2.57. The number of nitrogens with zero attached hydrogens (tertiary/aromatic N) is 7. The standard InChI is InChI=1S/C33H27BrN8O4/c1-19-27(31(40-18-35-17-36-40)41(38-19)22-6-3-2-4-7-22)28-26-8-5-15-39(26)33(24-16-21(34)11-14-25(24)37-32(33)44)29(28)30(43)20-9-12-23(13-10-20)42(45)46/h2-4,6-7,9-14,16-18,26,28-29H,5,8,15H2,1H3,(H,37,44). The summed E-state index contributed by atoms with van der Waals surface area (Å²) < 4.78 is 4.27. The molecule has 8 rings (SSSR count). The Morgan fingerprint density at radius 1 is 1.11 bits per heavy atom. The minimum atomic E-state index is -1.33. The van der Waals surface area contributed by atoms with E-state index in [1.807, 2.05) is 60.1 Å². The van der Waals surface area contributed by atoms with Crippen LogP contribution in [0.3, 0.4) is 0 Å². The molecule has 0 bridgehead atoms. The molecule has 1 spiro atoms. The lowest BCUT2D eigenvalue weighted by Gasteiger charge is -2.37. The van der Waals surface area contributed by atoms with E-state index < -0.39 is 22.3 Å². The number of carbonyl (C=O) groups excluding carboxylic acids is 2. The topological polar surface area (TPSA) is 141 Å². The van der Waals surface area contributed by atoms with E-state index in [0.717, 1.165) is 34.1 Å². The van der Waals surface area contributed by atoms with E-state index in [2.05, 4.69) is 36.2 Å². The highest BCUT2D eigenvalue weighted by Crippen LogP contribution is 2.62. The van der Waals surface area contributed by atoms with Crippen LogP contribution in [0.15, 0.2) is 89.9 Å². The molecular formula is C33H27BrN8O4. The van der Waals surface area contributed by atoms with Gasteiger partial charge in [0.05, 0.1) is 22.2 Å². The predicted molar refractivity (Wildman–Crippen MR) is 171 cm³/mol. The van der Waals surface area contributed by atoms with Gasteiger partial charge in [-0.3, -0.25) is 24.6 Å². The molecule has 12 nitrogen and oxygen atoms in total. The largest absolute Gasteiger partial charge is 0.324 e. The number of ketones is 1. The van der Waals surface area contributed by atoms with Crippen LogP contribution < -0.4 is 5.32 Å². The summed E-state index contributed by atoms with van der Waals surface area (Å²) in [5, 5.41) is 24.1. The number of hydrogen-bond donors (Lipinski definition) is 1. The number of nitro groups is 1. The Morgan fingerprint density at radius 3 is 2.61 bits per heavy atom. The molecule has 2 fully saturated rings. The molecule has 0 radical (unpaired) electrons. The molecule has 230 valence electrons. The number of halogens is 1. The van der Waals surface area contributed by atoms with Gasteiger partial charge in [-0.1, -0.05) is 34.1 Å². The van der Waals surface area contributed by atoms with Crippen LogP contribution >= 0.6 is 15.9 Å². The predicted octanol–water partition coefficient (Wildman–Crippen LogP) is 5.34. The van der Waals surface area contributed by atoms with Crippen molar-refractivity contribution in [3.8, 4) is 11.5 Å². The molecule has 4 atom stereocenters. The van der Waals surface area contributed by atoms with Crippen molar-refractivity contribution in [2.75, 3.05) is 11.9 Å². The van der Waals surface area contributed by atoms with E-state index in [0.29, 0.717) is 29.3 Å². The van der Waals surface area contributed by atoms with Crippen LogP contribution in [-0.4, -0.2) is 58.6 Å². The minimum Gasteiger partial charge on any atom is -0.324 e. The fourth-order valence-corrected chi connectivity index (χ4v) is 8.34. The number of nitro benzene ring substituents is 1. The number of Topliss-reactive ketones (excluding diaryl/α,β-unsaturated/α-hetero) is 1. The second kappa shape index (κ2) is 10.5. The number of non-ortho nitro benzene ring substituents is 1. The molecule has 46 heavy (non-hydrogen) atoms. The Hall–Kier alpha value is -5.01. The van der Waals surface area contributed by atoms with Gasteiger partial charge in [-0.25, -0.2) is 14.3 Å². The monoisotopic (exact) mass is 678 g/mol. The number of aryl methyl sites for hydroxylation is 1. The number of aromatic nitrogens is 5. The zero-order chi connectivity index (χ0) is 31.7. The summed E-state index contributed by atoms with van der Waals surface area (Å²) in [6, 6.07) is 20.8. The Bertz CT molecular complexity index is 2030. The van der Waals surface area contributed by atoms with Crippen molar-refractivity contribution in [3.63, 3.8) is 0 Å². The lowest BCUT2D eigenvalue weighted by Crippen LogP contribution is -2.52. The molecule has 13 heteroatoms. The lowest BCUT2D eigenvalue weighted by atomic mass is 9.68. The summed E-state index contributed by atoms with van der Waals surface area (Å²) in [7, 11) is 0. The van der Waals surface area contributed by atoms with E-state index in [1.54, 1.807) is 11.0 Å². The van der Waals surface area contributed by atoms with Gasteiger partial charge >= 0.3 is 0 Å². The zero-order valence-electron chi connectivity index (χ0n) is 24.6. The van der Waals surface area contributed by atoms with Crippen LogP contribution in [0.5, 0.6) is 0 Å². The number of amides is 1. The summed E-state index contributed by atoms with van der Waals surface area (Å²) in [6.45, 7) is 2.54. The van der Waals surface area contributed by atoms with Crippen LogP contribution in [0.1, 0.15) is 45.9 Å². The van der Waals surface area contributed by atoms with Gasteiger partial charge in [0.2, 0.25) is 5.91 Å². The molecule has 1 amide bonds. The first-order valence-electron chi connectivity index (χ1n) is 15.0. The number of nitrogens with one attached hydrogen (secondary N) is 1. The Balaban J connectivity index is 1.42. The molecule has 3 aliphatic heterocycles. The summed E-state index contributed by atoms with van der Waals surface area (Å²) in [4.78, 5) is 47.0. The van der Waals surface area contributed by atoms with Crippen LogP contribution in [0.25, 0.3) is 11.5 Å².